The maximum Gasteiger partial charge on any atom is 0.257 e. The Morgan fingerprint density at radius 2 is 2.24 bits per heavy atom. The lowest BCUT2D eigenvalue weighted by atomic mass is 9.85. The predicted octanol–water partition coefficient (Wildman–Crippen LogP) is 3.46. The molecule has 0 aromatic heterocycles. The third-order valence-corrected chi connectivity index (χ3v) is 3.94. The second-order valence-corrected chi connectivity index (χ2v) is 5.43. The van der Waals surface area contributed by atoms with Crippen LogP contribution in [0.1, 0.15) is 29.6 Å². The van der Waals surface area contributed by atoms with E-state index in [0.29, 0.717) is 10.4 Å². The van der Waals surface area contributed by atoms with Gasteiger partial charge >= 0.3 is 0 Å². The molecule has 0 N–H and O–H groups in total. The quantitative estimate of drug-likeness (QED) is 0.837. The van der Waals surface area contributed by atoms with Crippen molar-refractivity contribution in [1.29, 1.82) is 0 Å². The van der Waals surface area contributed by atoms with E-state index in [9.17, 15) is 9.18 Å². The van der Waals surface area contributed by atoms with Gasteiger partial charge in [-0.15, -0.1) is 0 Å². The molecule has 0 heterocycles. The summed E-state index contributed by atoms with van der Waals surface area (Å²) in [5, 5.41) is 0. The van der Waals surface area contributed by atoms with Crippen LogP contribution in [0, 0.1) is 11.7 Å². The van der Waals surface area contributed by atoms with Gasteiger partial charge in [0.1, 0.15) is 5.82 Å². The highest BCUT2D eigenvalue weighted by Gasteiger charge is 2.24. The van der Waals surface area contributed by atoms with Gasteiger partial charge in [0.15, 0.2) is 0 Å². The molecule has 17 heavy (non-hydrogen) atoms. The maximum absolute atomic E-state index is 13.6. The third-order valence-electron chi connectivity index (χ3n) is 3.28. The Bertz CT molecular complexity index is 411. The molecule has 0 aliphatic heterocycles. The molecular weight excluding hydrogens is 285 g/mol. The molecular formula is C13H15BrFNO. The van der Waals surface area contributed by atoms with Crippen LogP contribution in [-0.4, -0.2) is 24.4 Å². The first kappa shape index (κ1) is 12.6. The molecule has 1 aromatic carbocycles. The van der Waals surface area contributed by atoms with Gasteiger partial charge < -0.3 is 4.90 Å². The van der Waals surface area contributed by atoms with E-state index in [1.165, 1.54) is 25.3 Å². The summed E-state index contributed by atoms with van der Waals surface area (Å²) >= 11 is 3.23. The van der Waals surface area contributed by atoms with E-state index >= 15 is 0 Å². The number of hydrogen-bond acceptors (Lipinski definition) is 1. The van der Waals surface area contributed by atoms with Crippen molar-refractivity contribution in [2.75, 3.05) is 13.6 Å². The van der Waals surface area contributed by atoms with E-state index in [1.807, 2.05) is 0 Å². The first-order valence-corrected chi connectivity index (χ1v) is 6.58. The van der Waals surface area contributed by atoms with Gasteiger partial charge in [-0.25, -0.2) is 4.39 Å². The van der Waals surface area contributed by atoms with Crippen molar-refractivity contribution in [3.63, 3.8) is 0 Å². The summed E-state index contributed by atoms with van der Waals surface area (Å²) in [4.78, 5) is 13.7. The van der Waals surface area contributed by atoms with Crippen molar-refractivity contribution in [3.8, 4) is 0 Å². The number of nitrogens with zero attached hydrogens (tertiary/aromatic N) is 1. The van der Waals surface area contributed by atoms with Crippen LogP contribution in [0.2, 0.25) is 0 Å². The fourth-order valence-electron chi connectivity index (χ4n) is 2.04. The van der Waals surface area contributed by atoms with Crippen LogP contribution in [0.25, 0.3) is 0 Å². The summed E-state index contributed by atoms with van der Waals surface area (Å²) in [5.41, 5.74) is 0.134. The summed E-state index contributed by atoms with van der Waals surface area (Å²) in [6.45, 7) is 0.722. The highest BCUT2D eigenvalue weighted by atomic mass is 79.9. The molecule has 1 saturated carbocycles. The van der Waals surface area contributed by atoms with E-state index in [1.54, 1.807) is 24.1 Å². The first-order chi connectivity index (χ1) is 8.09. The fourth-order valence-corrected chi connectivity index (χ4v) is 2.55. The molecule has 1 fully saturated rings. The number of benzene rings is 1. The Kier molecular flexibility index (Phi) is 3.82. The molecule has 92 valence electrons. The highest BCUT2D eigenvalue weighted by Crippen LogP contribution is 2.28. The number of carbonyl (C=O) groups excluding carboxylic acids is 1. The van der Waals surface area contributed by atoms with Crippen LogP contribution in [0.4, 0.5) is 4.39 Å². The Morgan fingerprint density at radius 1 is 1.53 bits per heavy atom. The van der Waals surface area contributed by atoms with Gasteiger partial charge in [-0.05, 0) is 46.8 Å². The van der Waals surface area contributed by atoms with Crippen LogP contribution in [0.3, 0.4) is 0 Å². The second-order valence-electron chi connectivity index (χ2n) is 4.58. The van der Waals surface area contributed by atoms with Crippen molar-refractivity contribution in [1.82, 2.24) is 4.90 Å². The van der Waals surface area contributed by atoms with Gasteiger partial charge in [0.05, 0.1) is 5.56 Å². The molecule has 1 amide bonds. The first-order valence-electron chi connectivity index (χ1n) is 5.79. The van der Waals surface area contributed by atoms with Crippen LogP contribution < -0.4 is 0 Å². The molecule has 1 aliphatic carbocycles. The van der Waals surface area contributed by atoms with E-state index in [0.717, 1.165) is 6.54 Å². The van der Waals surface area contributed by atoms with E-state index in [4.69, 9.17) is 0 Å². The summed E-state index contributed by atoms with van der Waals surface area (Å²) in [5.74, 6) is -0.124. The average molecular weight is 300 g/mol. The lowest BCUT2D eigenvalue weighted by Crippen LogP contribution is -2.34. The molecule has 2 rings (SSSR count). The summed E-state index contributed by atoms with van der Waals surface area (Å²) < 4.78 is 14.1. The molecule has 4 heteroatoms. The zero-order chi connectivity index (χ0) is 12.4. The molecule has 2 nitrogen and oxygen atoms in total. The summed E-state index contributed by atoms with van der Waals surface area (Å²) in [6, 6.07) is 4.59. The second kappa shape index (κ2) is 5.17. The summed E-state index contributed by atoms with van der Waals surface area (Å²) in [7, 11) is 1.74. The molecule has 0 saturated heterocycles. The molecule has 1 aromatic rings. The number of rotatable bonds is 3. The minimum Gasteiger partial charge on any atom is -0.341 e. The minimum atomic E-state index is -0.468. The van der Waals surface area contributed by atoms with Crippen LogP contribution in [0.5, 0.6) is 0 Å². The molecule has 0 spiro atoms. The lowest BCUT2D eigenvalue weighted by molar-refractivity contribution is 0.0739. The van der Waals surface area contributed by atoms with Gasteiger partial charge in [0.25, 0.3) is 5.91 Å². The number of amides is 1. The maximum atomic E-state index is 13.6. The van der Waals surface area contributed by atoms with E-state index in [2.05, 4.69) is 15.9 Å². The molecule has 0 radical (unpaired) electrons. The van der Waals surface area contributed by atoms with E-state index in [-0.39, 0.29) is 11.5 Å². The van der Waals surface area contributed by atoms with Crippen LogP contribution in [-0.2, 0) is 0 Å². The topological polar surface area (TPSA) is 20.3 Å². The van der Waals surface area contributed by atoms with Gasteiger partial charge in [-0.1, -0.05) is 12.5 Å². The van der Waals surface area contributed by atoms with Crippen LogP contribution in [0.15, 0.2) is 22.7 Å². The van der Waals surface area contributed by atoms with Gasteiger partial charge in [0.2, 0.25) is 0 Å². The fraction of sp³-hybridized carbons (Fsp3) is 0.462. The normalized spacial score (nSPS) is 15.5. The SMILES string of the molecule is CN(CC1CCC1)C(=O)c1c(F)cccc1Br. The van der Waals surface area contributed by atoms with Crippen molar-refractivity contribution >= 4 is 21.8 Å². The Labute approximate surface area is 109 Å². The lowest BCUT2D eigenvalue weighted by Gasteiger charge is -2.30. The van der Waals surface area contributed by atoms with Gasteiger partial charge in [-0.2, -0.15) is 0 Å². The average Bonchev–Trinajstić information content (AvgIpc) is 2.22. The Morgan fingerprint density at radius 3 is 2.76 bits per heavy atom. The van der Waals surface area contributed by atoms with Gasteiger partial charge in [-0.3, -0.25) is 4.79 Å². The minimum absolute atomic E-state index is 0.134. The molecule has 1 aliphatic rings. The smallest absolute Gasteiger partial charge is 0.257 e. The van der Waals surface area contributed by atoms with Gasteiger partial charge in [0, 0.05) is 18.1 Å². The molecule has 0 bridgehead atoms. The third kappa shape index (κ3) is 2.68. The monoisotopic (exact) mass is 299 g/mol. The standard InChI is InChI=1S/C13H15BrFNO/c1-16(8-9-4-2-5-9)13(17)12-10(14)6-3-7-11(12)15/h3,6-7,9H,2,4-5,8H2,1H3. The van der Waals surface area contributed by atoms with Crippen molar-refractivity contribution in [2.24, 2.45) is 5.92 Å². The largest absolute Gasteiger partial charge is 0.341 e. The van der Waals surface area contributed by atoms with E-state index < -0.39 is 5.82 Å². The van der Waals surface area contributed by atoms with Crippen molar-refractivity contribution < 1.29 is 9.18 Å². The molecule has 0 atom stereocenters. The molecule has 0 unspecified atom stereocenters. The number of hydrogen-bond donors (Lipinski definition) is 0. The zero-order valence-corrected chi connectivity index (χ0v) is 11.3. The Hall–Kier alpha value is -0.900. The van der Waals surface area contributed by atoms with Crippen molar-refractivity contribution in [3.05, 3.63) is 34.1 Å². The predicted molar refractivity (Wildman–Crippen MR) is 68.4 cm³/mol. The summed E-state index contributed by atoms with van der Waals surface area (Å²) in [6.07, 6.45) is 3.60. The highest BCUT2D eigenvalue weighted by molar-refractivity contribution is 9.10. The van der Waals surface area contributed by atoms with Crippen molar-refractivity contribution in [2.45, 2.75) is 19.3 Å². The van der Waals surface area contributed by atoms with Crippen LogP contribution >= 0.6 is 15.9 Å². The number of halogens is 2. The zero-order valence-electron chi connectivity index (χ0n) is 9.75. The number of carbonyl (C=O) groups is 1. The Balaban J connectivity index is 2.12.